The van der Waals surface area contributed by atoms with Gasteiger partial charge in [0, 0.05) is 7.05 Å². The highest BCUT2D eigenvalue weighted by Gasteiger charge is 2.39. The predicted molar refractivity (Wildman–Crippen MR) is 73.3 cm³/mol. The van der Waals surface area contributed by atoms with Crippen LogP contribution in [0.3, 0.4) is 0 Å². The molecule has 1 heterocycles. The molecule has 0 spiro atoms. The van der Waals surface area contributed by atoms with Crippen molar-refractivity contribution in [3.05, 3.63) is 24.3 Å². The highest BCUT2D eigenvalue weighted by molar-refractivity contribution is 7.22. The first-order valence-electron chi connectivity index (χ1n) is 5.90. The largest absolute Gasteiger partial charge is 0.416 e. The summed E-state index contributed by atoms with van der Waals surface area (Å²) < 4.78 is 37.5. The molecule has 0 bridgehead atoms. The Hall–Kier alpha value is -1.87. The van der Waals surface area contributed by atoms with Crippen molar-refractivity contribution < 1.29 is 23.1 Å². The maximum absolute atomic E-state index is 12.2. The number of benzene rings is 1. The summed E-state index contributed by atoms with van der Waals surface area (Å²) in [6.45, 7) is -0.847. The number of carbonyl (C=O) groups is 1. The van der Waals surface area contributed by atoms with Crippen molar-refractivity contribution in [2.45, 2.75) is 12.3 Å². The summed E-state index contributed by atoms with van der Waals surface area (Å²) in [4.78, 5) is 16.6. The van der Waals surface area contributed by atoms with Gasteiger partial charge < -0.3 is 10.0 Å². The Kier molecular flexibility index (Phi) is 4.33. The van der Waals surface area contributed by atoms with Gasteiger partial charge in [-0.25, -0.2) is 9.78 Å². The van der Waals surface area contributed by atoms with E-state index < -0.39 is 24.9 Å². The molecule has 1 unspecified atom stereocenters. The number of amides is 2. The summed E-state index contributed by atoms with van der Waals surface area (Å²) in [6, 6.07) is 6.42. The van der Waals surface area contributed by atoms with Crippen LogP contribution in [0.4, 0.5) is 23.1 Å². The third kappa shape index (κ3) is 3.82. The predicted octanol–water partition coefficient (Wildman–Crippen LogP) is 2.68. The second kappa shape index (κ2) is 5.86. The molecule has 9 heteroatoms. The number of hydrogen-bond donors (Lipinski definition) is 2. The number of halogens is 3. The zero-order valence-corrected chi connectivity index (χ0v) is 11.7. The number of alkyl halides is 3. The van der Waals surface area contributed by atoms with Crippen LogP contribution < -0.4 is 5.32 Å². The molecule has 2 N–H and O–H groups in total. The van der Waals surface area contributed by atoms with Gasteiger partial charge in [0.25, 0.3) is 0 Å². The second-order valence-corrected chi connectivity index (χ2v) is 5.39. The standard InChI is InChI=1S/C12H12F3N3O2S/c1-18(6-9(19)12(13,14)15)11(20)17-10-16-7-4-2-3-5-8(7)21-10/h2-5,9,19H,6H2,1H3,(H,16,17,20). The number of nitrogens with one attached hydrogen (secondary N) is 1. The van der Waals surface area contributed by atoms with E-state index in [4.69, 9.17) is 5.11 Å². The average molecular weight is 319 g/mol. The number of thiazole rings is 1. The molecule has 0 aliphatic rings. The fourth-order valence-electron chi connectivity index (χ4n) is 1.56. The molecule has 0 aliphatic carbocycles. The van der Waals surface area contributed by atoms with E-state index in [1.807, 2.05) is 12.1 Å². The molecule has 2 amide bonds. The molecule has 0 fully saturated rings. The summed E-state index contributed by atoms with van der Waals surface area (Å²) in [6.07, 6.45) is -7.34. The molecular weight excluding hydrogens is 307 g/mol. The number of aliphatic hydroxyl groups is 1. The summed E-state index contributed by atoms with van der Waals surface area (Å²) in [5, 5.41) is 11.6. The van der Waals surface area contributed by atoms with Crippen LogP contribution in [-0.4, -0.2) is 46.9 Å². The molecule has 21 heavy (non-hydrogen) atoms. The van der Waals surface area contributed by atoms with Crippen LogP contribution in [0, 0.1) is 0 Å². The Bertz CT molecular complexity index is 611. The van der Waals surface area contributed by atoms with Gasteiger partial charge in [0.05, 0.1) is 16.8 Å². The van der Waals surface area contributed by atoms with Gasteiger partial charge in [-0.1, -0.05) is 23.5 Å². The van der Waals surface area contributed by atoms with E-state index in [0.717, 1.165) is 16.6 Å². The molecule has 0 aliphatic heterocycles. The van der Waals surface area contributed by atoms with Gasteiger partial charge in [-0.15, -0.1) is 0 Å². The second-order valence-electron chi connectivity index (χ2n) is 4.35. The molecule has 114 valence electrons. The molecule has 0 saturated heterocycles. The first kappa shape index (κ1) is 15.5. The minimum atomic E-state index is -4.76. The van der Waals surface area contributed by atoms with Gasteiger partial charge in [-0.2, -0.15) is 13.2 Å². The van der Waals surface area contributed by atoms with Crippen molar-refractivity contribution in [3.8, 4) is 0 Å². The zero-order valence-electron chi connectivity index (χ0n) is 10.9. The quantitative estimate of drug-likeness (QED) is 0.914. The number of rotatable bonds is 3. The van der Waals surface area contributed by atoms with Gasteiger partial charge in [0.15, 0.2) is 11.2 Å². The maximum atomic E-state index is 12.2. The number of hydrogen-bond acceptors (Lipinski definition) is 4. The normalized spacial score (nSPS) is 13.2. The molecule has 1 aromatic carbocycles. The Morgan fingerprint density at radius 1 is 1.48 bits per heavy atom. The van der Waals surface area contributed by atoms with E-state index in [-0.39, 0.29) is 5.13 Å². The van der Waals surface area contributed by atoms with Gasteiger partial charge in [0.1, 0.15) is 0 Å². The van der Waals surface area contributed by atoms with Crippen molar-refractivity contribution >= 4 is 32.7 Å². The molecule has 1 atom stereocenters. The number of aromatic nitrogens is 1. The van der Waals surface area contributed by atoms with Gasteiger partial charge in [-0.3, -0.25) is 5.32 Å². The molecule has 5 nitrogen and oxygen atoms in total. The summed E-state index contributed by atoms with van der Waals surface area (Å²) in [5.74, 6) is 0. The Labute approximate surface area is 122 Å². The number of nitrogens with zero attached hydrogens (tertiary/aromatic N) is 2. The Morgan fingerprint density at radius 2 is 2.14 bits per heavy atom. The Morgan fingerprint density at radius 3 is 2.76 bits per heavy atom. The van der Waals surface area contributed by atoms with Crippen LogP contribution in [0.1, 0.15) is 0 Å². The number of aliphatic hydroxyl groups excluding tert-OH is 1. The van der Waals surface area contributed by atoms with Crippen LogP contribution >= 0.6 is 11.3 Å². The molecule has 2 rings (SSSR count). The first-order valence-corrected chi connectivity index (χ1v) is 6.71. The molecule has 2 aromatic rings. The lowest BCUT2D eigenvalue weighted by Gasteiger charge is -2.22. The minimum Gasteiger partial charge on any atom is -0.382 e. The number of urea groups is 1. The summed E-state index contributed by atoms with van der Waals surface area (Å²) >= 11 is 1.21. The Balaban J connectivity index is 2.00. The lowest BCUT2D eigenvalue weighted by molar-refractivity contribution is -0.205. The fraction of sp³-hybridized carbons (Fsp3) is 0.333. The van der Waals surface area contributed by atoms with Gasteiger partial charge in [0.2, 0.25) is 0 Å². The van der Waals surface area contributed by atoms with E-state index in [9.17, 15) is 18.0 Å². The van der Waals surface area contributed by atoms with Crippen molar-refractivity contribution in [2.75, 3.05) is 18.9 Å². The monoisotopic (exact) mass is 319 g/mol. The summed E-state index contributed by atoms with van der Waals surface area (Å²) in [5.41, 5.74) is 0.691. The molecule has 0 radical (unpaired) electrons. The van der Waals surface area contributed by atoms with Crippen LogP contribution in [0.2, 0.25) is 0 Å². The van der Waals surface area contributed by atoms with Crippen LogP contribution in [0.5, 0.6) is 0 Å². The third-order valence-corrected chi connectivity index (χ3v) is 3.63. The highest BCUT2D eigenvalue weighted by atomic mass is 32.1. The molecule has 1 aromatic heterocycles. The van der Waals surface area contributed by atoms with Crippen LogP contribution in [-0.2, 0) is 0 Å². The van der Waals surface area contributed by atoms with Crippen molar-refractivity contribution in [1.29, 1.82) is 0 Å². The first-order chi connectivity index (χ1) is 9.77. The van der Waals surface area contributed by atoms with Crippen molar-refractivity contribution in [2.24, 2.45) is 0 Å². The lowest BCUT2D eigenvalue weighted by atomic mass is 10.3. The number of fused-ring (bicyclic) bond motifs is 1. The summed E-state index contributed by atoms with van der Waals surface area (Å²) in [7, 11) is 1.16. The van der Waals surface area contributed by atoms with Crippen molar-refractivity contribution in [3.63, 3.8) is 0 Å². The van der Waals surface area contributed by atoms with E-state index in [1.54, 1.807) is 12.1 Å². The van der Waals surface area contributed by atoms with E-state index in [1.165, 1.54) is 11.3 Å². The molecule has 0 saturated carbocycles. The van der Waals surface area contributed by atoms with E-state index in [0.29, 0.717) is 5.52 Å². The number of carbonyl (C=O) groups excluding carboxylic acids is 1. The van der Waals surface area contributed by atoms with Crippen LogP contribution in [0.15, 0.2) is 24.3 Å². The molecular formula is C12H12F3N3O2S. The SMILES string of the molecule is CN(CC(O)C(F)(F)F)C(=O)Nc1nc2ccccc2s1. The number of anilines is 1. The topological polar surface area (TPSA) is 65.5 Å². The van der Waals surface area contributed by atoms with Crippen molar-refractivity contribution in [1.82, 2.24) is 9.88 Å². The third-order valence-electron chi connectivity index (χ3n) is 2.68. The van der Waals surface area contributed by atoms with E-state index in [2.05, 4.69) is 10.3 Å². The minimum absolute atomic E-state index is 0.287. The van der Waals surface area contributed by atoms with E-state index >= 15 is 0 Å². The fourth-order valence-corrected chi connectivity index (χ4v) is 2.41. The van der Waals surface area contributed by atoms with Gasteiger partial charge >= 0.3 is 12.2 Å². The zero-order chi connectivity index (χ0) is 15.6. The smallest absolute Gasteiger partial charge is 0.382 e. The van der Waals surface area contributed by atoms with Crippen LogP contribution in [0.25, 0.3) is 10.2 Å². The number of likely N-dealkylation sites (N-methyl/N-ethyl adjacent to an activating group) is 1. The number of para-hydroxylation sites is 1. The maximum Gasteiger partial charge on any atom is 0.416 e. The lowest BCUT2D eigenvalue weighted by Crippen LogP contribution is -2.43. The average Bonchev–Trinajstić information content (AvgIpc) is 2.79. The highest BCUT2D eigenvalue weighted by Crippen LogP contribution is 2.25. The van der Waals surface area contributed by atoms with Gasteiger partial charge in [-0.05, 0) is 12.1 Å².